The maximum Gasteiger partial charge on any atom is -0.0143 e. The van der Waals surface area contributed by atoms with Gasteiger partial charge >= 0.3 is 0 Å². The normalized spacial score (nSPS) is 31.2. The van der Waals surface area contributed by atoms with Gasteiger partial charge in [-0.15, -0.1) is 0 Å². The summed E-state index contributed by atoms with van der Waals surface area (Å²) in [5.74, 6) is 4.57. The molecule has 0 bridgehead atoms. The quantitative estimate of drug-likeness (QED) is 0.297. The van der Waals surface area contributed by atoms with E-state index in [1.807, 2.05) is 13.8 Å². The van der Waals surface area contributed by atoms with Crippen LogP contribution in [0.15, 0.2) is 47.6 Å². The maximum absolute atomic E-state index is 4.35. The minimum absolute atomic E-state index is 0. The van der Waals surface area contributed by atoms with Crippen molar-refractivity contribution in [3.05, 3.63) is 47.6 Å². The zero-order chi connectivity index (χ0) is 27.3. The molecule has 0 spiro atoms. The summed E-state index contributed by atoms with van der Waals surface area (Å²) >= 11 is 0. The first-order chi connectivity index (χ1) is 17.1. The fourth-order valence-corrected chi connectivity index (χ4v) is 6.80. The highest BCUT2D eigenvalue weighted by Crippen LogP contribution is 2.59. The average molecular weight is 513 g/mol. The van der Waals surface area contributed by atoms with E-state index < -0.39 is 0 Å². The smallest absolute Gasteiger partial charge is 0.0143 e. The van der Waals surface area contributed by atoms with Crippen molar-refractivity contribution in [2.24, 2.45) is 40.9 Å². The molecule has 3 rings (SSSR count). The number of rotatable bonds is 7. The highest BCUT2D eigenvalue weighted by molar-refractivity contribution is 5.36. The van der Waals surface area contributed by atoms with Crippen LogP contribution in [0.25, 0.3) is 0 Å². The van der Waals surface area contributed by atoms with Gasteiger partial charge in [0.15, 0.2) is 0 Å². The summed E-state index contributed by atoms with van der Waals surface area (Å²) in [6.07, 6.45) is 24.7. The SMILES string of the molecule is C.C=C1CCC(C)C/C1=C/C=C1\CCCC2(C)C1CCC2C(C)/C=C/C(C)C(C)C.CC.CCCCC. The molecule has 37 heavy (non-hydrogen) atoms. The standard InChI is InChI=1S/C29H46.C5H12.C2H6.CH4/c1-20(2)22(4)12-13-24(6)27-16-17-28-25(9-8-18-29(27,28)7)14-15-26-19-21(3)10-11-23(26)5;1-3-5-4-2;1-2;/h12-15,20-22,24,27-28H,5,8-11,16-19H2,1-4,6-7H3;3-5H2,1-2H3;1-2H3;1H4/b13-12+,25-14+,26-15-;;;. The molecular weight excluding hydrogens is 444 g/mol. The Labute approximate surface area is 235 Å². The van der Waals surface area contributed by atoms with Crippen molar-refractivity contribution in [2.75, 3.05) is 0 Å². The Morgan fingerprint density at radius 3 is 2.16 bits per heavy atom. The molecule has 3 fully saturated rings. The van der Waals surface area contributed by atoms with Crippen molar-refractivity contribution in [1.29, 1.82) is 0 Å². The lowest BCUT2D eigenvalue weighted by atomic mass is 9.61. The zero-order valence-electron chi connectivity index (χ0n) is 26.3. The van der Waals surface area contributed by atoms with Gasteiger partial charge in [-0.25, -0.2) is 0 Å². The van der Waals surface area contributed by atoms with Crippen LogP contribution in [0.1, 0.15) is 147 Å². The first-order valence-corrected chi connectivity index (χ1v) is 15.9. The number of fused-ring (bicyclic) bond motifs is 1. The lowest BCUT2D eigenvalue weighted by molar-refractivity contribution is 0.112. The molecule has 0 radical (unpaired) electrons. The second-order valence-corrected chi connectivity index (χ2v) is 12.7. The first kappa shape index (κ1) is 36.0. The van der Waals surface area contributed by atoms with E-state index in [1.54, 1.807) is 5.57 Å². The van der Waals surface area contributed by atoms with Gasteiger partial charge in [-0.3, -0.25) is 0 Å². The molecule has 0 aromatic heterocycles. The van der Waals surface area contributed by atoms with E-state index in [1.165, 1.54) is 81.8 Å². The van der Waals surface area contributed by atoms with Gasteiger partial charge in [-0.05, 0) is 97.9 Å². The van der Waals surface area contributed by atoms with Crippen LogP contribution >= 0.6 is 0 Å². The average Bonchev–Trinajstić information content (AvgIpc) is 3.22. The lowest BCUT2D eigenvalue weighted by Crippen LogP contribution is -2.35. The molecule has 0 aromatic rings. The lowest BCUT2D eigenvalue weighted by Gasteiger charge is -2.44. The van der Waals surface area contributed by atoms with Gasteiger partial charge < -0.3 is 0 Å². The zero-order valence-corrected chi connectivity index (χ0v) is 26.3. The topological polar surface area (TPSA) is 0 Å². The summed E-state index contributed by atoms with van der Waals surface area (Å²) in [6, 6.07) is 0. The molecule has 0 amide bonds. The van der Waals surface area contributed by atoms with Crippen LogP contribution in [0.3, 0.4) is 0 Å². The van der Waals surface area contributed by atoms with Crippen LogP contribution in [0.2, 0.25) is 0 Å². The van der Waals surface area contributed by atoms with Crippen molar-refractivity contribution in [2.45, 2.75) is 147 Å². The fourth-order valence-electron chi connectivity index (χ4n) is 6.80. The molecule has 216 valence electrons. The second-order valence-electron chi connectivity index (χ2n) is 12.7. The van der Waals surface area contributed by atoms with Crippen LogP contribution in [0, 0.1) is 40.9 Å². The summed E-state index contributed by atoms with van der Waals surface area (Å²) in [5.41, 5.74) is 5.15. The highest BCUT2D eigenvalue weighted by atomic mass is 14.5. The van der Waals surface area contributed by atoms with Crippen LogP contribution in [-0.2, 0) is 0 Å². The molecule has 0 heteroatoms. The third-order valence-corrected chi connectivity index (χ3v) is 9.61. The summed E-state index contributed by atoms with van der Waals surface area (Å²) in [5, 5.41) is 0. The highest BCUT2D eigenvalue weighted by Gasteiger charge is 2.50. The predicted molar refractivity (Wildman–Crippen MR) is 172 cm³/mol. The van der Waals surface area contributed by atoms with Crippen molar-refractivity contribution >= 4 is 0 Å². The number of hydrogen-bond acceptors (Lipinski definition) is 0. The van der Waals surface area contributed by atoms with Gasteiger partial charge in [0.25, 0.3) is 0 Å². The molecule has 0 N–H and O–H groups in total. The number of hydrogen-bond donors (Lipinski definition) is 0. The third kappa shape index (κ3) is 10.6. The van der Waals surface area contributed by atoms with E-state index >= 15 is 0 Å². The first-order valence-electron chi connectivity index (χ1n) is 15.9. The molecule has 3 aliphatic rings. The molecule has 0 saturated heterocycles. The Balaban J connectivity index is 0.00000145. The van der Waals surface area contributed by atoms with Crippen LogP contribution < -0.4 is 0 Å². The molecule has 0 nitrogen and oxygen atoms in total. The monoisotopic (exact) mass is 513 g/mol. The van der Waals surface area contributed by atoms with Gasteiger partial charge in [-0.2, -0.15) is 0 Å². The maximum atomic E-state index is 4.35. The van der Waals surface area contributed by atoms with E-state index in [-0.39, 0.29) is 7.43 Å². The molecule has 3 saturated carbocycles. The minimum Gasteiger partial charge on any atom is -0.0956 e. The third-order valence-electron chi connectivity index (χ3n) is 9.61. The van der Waals surface area contributed by atoms with Crippen LogP contribution in [-0.4, -0.2) is 0 Å². The van der Waals surface area contributed by atoms with E-state index in [2.05, 4.69) is 86.3 Å². The van der Waals surface area contributed by atoms with Crippen molar-refractivity contribution in [3.63, 3.8) is 0 Å². The Bertz CT molecular complexity index is 714. The van der Waals surface area contributed by atoms with Crippen molar-refractivity contribution < 1.29 is 0 Å². The number of allylic oxidation sites excluding steroid dienone is 7. The Morgan fingerprint density at radius 2 is 1.59 bits per heavy atom. The minimum atomic E-state index is 0. The van der Waals surface area contributed by atoms with Crippen LogP contribution in [0.5, 0.6) is 0 Å². The van der Waals surface area contributed by atoms with Crippen molar-refractivity contribution in [3.8, 4) is 0 Å². The predicted octanol–water partition coefficient (Wildman–Crippen LogP) is 12.8. The summed E-state index contributed by atoms with van der Waals surface area (Å²) < 4.78 is 0. The van der Waals surface area contributed by atoms with E-state index in [9.17, 15) is 0 Å². The molecule has 3 aliphatic carbocycles. The van der Waals surface area contributed by atoms with Gasteiger partial charge in [0, 0.05) is 0 Å². The molecule has 0 heterocycles. The largest absolute Gasteiger partial charge is 0.0956 e. The van der Waals surface area contributed by atoms with Gasteiger partial charge in [-0.1, -0.05) is 138 Å². The summed E-state index contributed by atoms with van der Waals surface area (Å²) in [6.45, 7) is 27.3. The molecule has 0 aliphatic heterocycles. The molecular formula is C37H68. The Hall–Kier alpha value is -1.04. The van der Waals surface area contributed by atoms with E-state index in [0.717, 1.165) is 23.7 Å². The molecule has 0 aromatic carbocycles. The summed E-state index contributed by atoms with van der Waals surface area (Å²) in [4.78, 5) is 0. The van der Waals surface area contributed by atoms with E-state index in [0.29, 0.717) is 17.3 Å². The van der Waals surface area contributed by atoms with Crippen LogP contribution in [0.4, 0.5) is 0 Å². The van der Waals surface area contributed by atoms with Crippen molar-refractivity contribution in [1.82, 2.24) is 0 Å². The van der Waals surface area contributed by atoms with Gasteiger partial charge in [0.2, 0.25) is 0 Å². The Kier molecular flexibility index (Phi) is 17.8. The second kappa shape index (κ2) is 18.3. The number of unbranched alkanes of at least 4 members (excludes halogenated alkanes) is 2. The van der Waals surface area contributed by atoms with Gasteiger partial charge in [0.05, 0.1) is 0 Å². The fraction of sp³-hybridized carbons (Fsp3) is 0.784. The Morgan fingerprint density at radius 1 is 0.946 bits per heavy atom. The van der Waals surface area contributed by atoms with E-state index in [4.69, 9.17) is 0 Å². The van der Waals surface area contributed by atoms with Gasteiger partial charge in [0.1, 0.15) is 0 Å². The molecule has 6 unspecified atom stereocenters. The molecule has 6 atom stereocenters. The summed E-state index contributed by atoms with van der Waals surface area (Å²) in [7, 11) is 0.